The number of nitrogens with one attached hydrogen (secondary N) is 1. The highest BCUT2D eigenvalue weighted by atomic mass is 16.2. The molecular weight excluding hydrogens is 354 g/mol. The predicted octanol–water partition coefficient (Wildman–Crippen LogP) is 1.80. The van der Waals surface area contributed by atoms with Crippen LogP contribution in [0.4, 0.5) is 0 Å². The van der Waals surface area contributed by atoms with Crippen molar-refractivity contribution in [3.05, 3.63) is 18.0 Å². The number of carbonyl (C=O) groups is 2. The molecule has 1 unspecified atom stereocenters. The Bertz CT molecular complexity index is 703. The lowest BCUT2D eigenvalue weighted by atomic mass is 9.90. The molecule has 3 heterocycles. The van der Waals surface area contributed by atoms with Crippen LogP contribution in [0.2, 0.25) is 0 Å². The summed E-state index contributed by atoms with van der Waals surface area (Å²) in [7, 11) is 1.77. The van der Waals surface area contributed by atoms with E-state index < -0.39 is 0 Å². The van der Waals surface area contributed by atoms with E-state index in [-0.39, 0.29) is 11.4 Å². The Balaban J connectivity index is 1.37. The second kappa shape index (κ2) is 8.23. The average Bonchev–Trinajstić information content (AvgIpc) is 3.46. The van der Waals surface area contributed by atoms with Gasteiger partial charge in [0.05, 0.1) is 0 Å². The van der Waals surface area contributed by atoms with Gasteiger partial charge in [-0.05, 0) is 63.6 Å². The molecular formula is C21H33N5O2. The summed E-state index contributed by atoms with van der Waals surface area (Å²) < 4.78 is 1.59. The van der Waals surface area contributed by atoms with Crippen molar-refractivity contribution in [2.75, 3.05) is 32.7 Å². The van der Waals surface area contributed by atoms with Crippen LogP contribution in [0.3, 0.4) is 0 Å². The first-order valence-corrected chi connectivity index (χ1v) is 10.9. The third-order valence-electron chi connectivity index (χ3n) is 6.95. The van der Waals surface area contributed by atoms with Crippen LogP contribution in [0.5, 0.6) is 0 Å². The lowest BCUT2D eigenvalue weighted by Gasteiger charge is -2.43. The van der Waals surface area contributed by atoms with Crippen molar-refractivity contribution >= 4 is 11.8 Å². The van der Waals surface area contributed by atoms with Crippen LogP contribution in [-0.4, -0.2) is 69.7 Å². The van der Waals surface area contributed by atoms with Crippen LogP contribution in [0.25, 0.3) is 0 Å². The first kappa shape index (κ1) is 19.4. The molecule has 3 fully saturated rings. The van der Waals surface area contributed by atoms with Crippen LogP contribution in [0.1, 0.15) is 61.9 Å². The van der Waals surface area contributed by atoms with Crippen molar-refractivity contribution in [2.24, 2.45) is 13.0 Å². The number of aryl methyl sites for hydroxylation is 1. The number of hydrogen-bond acceptors (Lipinski definition) is 4. The lowest BCUT2D eigenvalue weighted by molar-refractivity contribution is -0.145. The molecule has 3 aliphatic rings. The van der Waals surface area contributed by atoms with E-state index in [1.165, 1.54) is 25.7 Å². The van der Waals surface area contributed by atoms with Crippen LogP contribution >= 0.6 is 0 Å². The first-order valence-electron chi connectivity index (χ1n) is 10.9. The maximum absolute atomic E-state index is 13.6. The zero-order chi connectivity index (χ0) is 19.6. The Morgan fingerprint density at radius 2 is 1.89 bits per heavy atom. The molecule has 7 nitrogen and oxygen atoms in total. The van der Waals surface area contributed by atoms with Crippen molar-refractivity contribution in [3.8, 4) is 0 Å². The minimum Gasteiger partial charge on any atom is -0.350 e. The topological polar surface area (TPSA) is 70.5 Å². The molecule has 0 radical (unpaired) electrons. The summed E-state index contributed by atoms with van der Waals surface area (Å²) in [4.78, 5) is 30.6. The van der Waals surface area contributed by atoms with Crippen LogP contribution in [0, 0.1) is 5.92 Å². The summed E-state index contributed by atoms with van der Waals surface area (Å²) in [5.41, 5.74) is 0.332. The maximum atomic E-state index is 13.6. The smallest absolute Gasteiger partial charge is 0.269 e. The molecule has 0 bridgehead atoms. The molecule has 0 spiro atoms. The number of likely N-dealkylation sites (tertiary alicyclic amines) is 2. The van der Waals surface area contributed by atoms with Crippen molar-refractivity contribution in [1.29, 1.82) is 0 Å². The highest BCUT2D eigenvalue weighted by Gasteiger charge is 2.49. The Labute approximate surface area is 167 Å². The Morgan fingerprint density at radius 3 is 2.57 bits per heavy atom. The number of nitrogens with zero attached hydrogens (tertiary/aromatic N) is 4. The number of aromatic nitrogens is 2. The van der Waals surface area contributed by atoms with Crippen molar-refractivity contribution in [3.63, 3.8) is 0 Å². The molecule has 0 aromatic carbocycles. The van der Waals surface area contributed by atoms with Gasteiger partial charge in [-0.1, -0.05) is 12.8 Å². The molecule has 4 rings (SSSR count). The van der Waals surface area contributed by atoms with Gasteiger partial charge < -0.3 is 10.2 Å². The minimum atomic E-state index is -0.240. The summed E-state index contributed by atoms with van der Waals surface area (Å²) >= 11 is 0. The molecule has 154 valence electrons. The van der Waals surface area contributed by atoms with Crippen LogP contribution in [-0.2, 0) is 11.8 Å². The molecule has 7 heteroatoms. The third-order valence-corrected chi connectivity index (χ3v) is 6.95. The highest BCUT2D eigenvalue weighted by Crippen LogP contribution is 2.39. The summed E-state index contributed by atoms with van der Waals surface area (Å²) in [6.45, 7) is 4.39. The Hall–Kier alpha value is -1.89. The van der Waals surface area contributed by atoms with E-state index in [1.807, 2.05) is 0 Å². The predicted molar refractivity (Wildman–Crippen MR) is 107 cm³/mol. The van der Waals surface area contributed by atoms with Gasteiger partial charge >= 0.3 is 0 Å². The second-order valence-electron chi connectivity index (χ2n) is 8.74. The summed E-state index contributed by atoms with van der Waals surface area (Å²) in [5.74, 6) is 0.592. The fraction of sp³-hybridized carbons (Fsp3) is 0.762. The van der Waals surface area contributed by atoms with E-state index >= 15 is 0 Å². The molecule has 28 heavy (non-hydrogen) atoms. The zero-order valence-electron chi connectivity index (χ0n) is 17.0. The van der Waals surface area contributed by atoms with Gasteiger partial charge in [-0.25, -0.2) is 0 Å². The fourth-order valence-corrected chi connectivity index (χ4v) is 5.41. The maximum Gasteiger partial charge on any atom is 0.269 e. The van der Waals surface area contributed by atoms with Crippen LogP contribution < -0.4 is 5.32 Å². The SMILES string of the molecule is Cn1nccc1C(=O)NCC1CCCN(C(=O)C2(N3CCCC3)CCCC2)C1. The Kier molecular flexibility index (Phi) is 5.71. The van der Waals surface area contributed by atoms with Gasteiger partial charge in [0.1, 0.15) is 11.2 Å². The van der Waals surface area contributed by atoms with Gasteiger partial charge in [0.25, 0.3) is 5.91 Å². The van der Waals surface area contributed by atoms with E-state index in [2.05, 4.69) is 20.2 Å². The van der Waals surface area contributed by atoms with Crippen molar-refractivity contribution in [1.82, 2.24) is 24.9 Å². The van der Waals surface area contributed by atoms with E-state index in [9.17, 15) is 9.59 Å². The number of rotatable bonds is 5. The van der Waals surface area contributed by atoms with Crippen molar-refractivity contribution < 1.29 is 9.59 Å². The van der Waals surface area contributed by atoms with Gasteiger partial charge in [-0.2, -0.15) is 5.10 Å². The van der Waals surface area contributed by atoms with Gasteiger partial charge in [0, 0.05) is 32.9 Å². The monoisotopic (exact) mass is 387 g/mol. The van der Waals surface area contributed by atoms with Gasteiger partial charge in [-0.15, -0.1) is 0 Å². The van der Waals surface area contributed by atoms with Crippen molar-refractivity contribution in [2.45, 2.75) is 56.9 Å². The number of amides is 2. The average molecular weight is 388 g/mol. The molecule has 2 amide bonds. The second-order valence-corrected chi connectivity index (χ2v) is 8.74. The summed E-state index contributed by atoms with van der Waals surface area (Å²) in [6, 6.07) is 1.73. The van der Waals surface area contributed by atoms with E-state index in [0.29, 0.717) is 24.1 Å². The largest absolute Gasteiger partial charge is 0.350 e. The van der Waals surface area contributed by atoms with Crippen LogP contribution in [0.15, 0.2) is 12.3 Å². The molecule has 1 atom stereocenters. The Morgan fingerprint density at radius 1 is 1.14 bits per heavy atom. The number of hydrogen-bond donors (Lipinski definition) is 1. The molecule has 1 N–H and O–H groups in total. The standard InChI is InChI=1S/C21H33N5O2/c1-24-18(8-11-23-24)19(27)22-15-17-7-6-12-25(16-17)20(28)21(9-2-3-10-21)26-13-4-5-14-26/h8,11,17H,2-7,9-10,12-16H2,1H3,(H,22,27). The van der Waals surface area contributed by atoms with Gasteiger partial charge in [0.15, 0.2) is 0 Å². The zero-order valence-corrected chi connectivity index (χ0v) is 17.0. The highest BCUT2D eigenvalue weighted by molar-refractivity contribution is 5.92. The first-order chi connectivity index (χ1) is 13.6. The third kappa shape index (κ3) is 3.69. The van der Waals surface area contributed by atoms with Gasteiger partial charge in [0.2, 0.25) is 5.91 Å². The molecule has 1 aliphatic carbocycles. The minimum absolute atomic E-state index is 0.0900. The number of carbonyl (C=O) groups excluding carboxylic acids is 2. The quantitative estimate of drug-likeness (QED) is 0.836. The molecule has 1 aromatic rings. The molecule has 1 saturated carbocycles. The van der Waals surface area contributed by atoms with E-state index in [0.717, 1.165) is 51.9 Å². The fourth-order valence-electron chi connectivity index (χ4n) is 5.41. The summed E-state index contributed by atoms with van der Waals surface area (Å²) in [5, 5.41) is 7.10. The lowest BCUT2D eigenvalue weighted by Crippen LogP contribution is -2.59. The normalized spacial score (nSPS) is 25.2. The number of piperidine rings is 1. The van der Waals surface area contributed by atoms with Gasteiger partial charge in [-0.3, -0.25) is 19.2 Å². The van der Waals surface area contributed by atoms with E-state index in [4.69, 9.17) is 0 Å². The molecule has 2 saturated heterocycles. The summed E-state index contributed by atoms with van der Waals surface area (Å²) in [6.07, 6.45) is 10.5. The molecule has 2 aliphatic heterocycles. The molecule has 1 aromatic heterocycles. The van der Waals surface area contributed by atoms with E-state index in [1.54, 1.807) is 24.0 Å².